The zero-order valence-electron chi connectivity index (χ0n) is 17.6. The molecule has 3 aromatic rings. The SMILES string of the molecule is CCC(CC)NC(=O)C1CN(C(=O)/C=C/c2nc3ccccc3s2)c2ccccc2O1. The number of para-hydroxylation sites is 3. The van der Waals surface area contributed by atoms with Crippen molar-refractivity contribution in [3.05, 3.63) is 59.6 Å². The smallest absolute Gasteiger partial charge is 0.263 e. The van der Waals surface area contributed by atoms with Gasteiger partial charge in [0.05, 0.1) is 22.4 Å². The molecule has 6 nitrogen and oxygen atoms in total. The van der Waals surface area contributed by atoms with Crippen molar-refractivity contribution in [1.29, 1.82) is 0 Å². The van der Waals surface area contributed by atoms with Gasteiger partial charge in [-0.2, -0.15) is 0 Å². The van der Waals surface area contributed by atoms with Crippen LogP contribution in [0, 0.1) is 0 Å². The van der Waals surface area contributed by atoms with Crippen molar-refractivity contribution < 1.29 is 14.3 Å². The molecule has 0 saturated carbocycles. The molecule has 2 amide bonds. The van der Waals surface area contributed by atoms with Crippen LogP contribution in [-0.4, -0.2) is 35.5 Å². The summed E-state index contributed by atoms with van der Waals surface area (Å²) >= 11 is 1.53. The van der Waals surface area contributed by atoms with Gasteiger partial charge in [0.1, 0.15) is 10.8 Å². The number of benzene rings is 2. The van der Waals surface area contributed by atoms with Crippen molar-refractivity contribution >= 4 is 45.1 Å². The van der Waals surface area contributed by atoms with Crippen molar-refractivity contribution in [1.82, 2.24) is 10.3 Å². The molecule has 1 atom stereocenters. The molecule has 1 aliphatic heterocycles. The summed E-state index contributed by atoms with van der Waals surface area (Å²) < 4.78 is 7.00. The third kappa shape index (κ3) is 4.61. The second-order valence-corrected chi connectivity index (χ2v) is 8.46. The molecule has 31 heavy (non-hydrogen) atoms. The minimum Gasteiger partial charge on any atom is -0.477 e. The van der Waals surface area contributed by atoms with E-state index in [0.29, 0.717) is 11.4 Å². The number of hydrogen-bond acceptors (Lipinski definition) is 5. The first kappa shape index (κ1) is 21.1. The van der Waals surface area contributed by atoms with Gasteiger partial charge in [-0.05, 0) is 43.2 Å². The fraction of sp³-hybridized carbons (Fsp3) is 0.292. The Morgan fingerprint density at radius 3 is 2.71 bits per heavy atom. The van der Waals surface area contributed by atoms with Gasteiger partial charge in [-0.15, -0.1) is 11.3 Å². The zero-order valence-corrected chi connectivity index (χ0v) is 18.4. The fourth-order valence-electron chi connectivity index (χ4n) is 3.56. The molecule has 7 heteroatoms. The number of hydrogen-bond donors (Lipinski definition) is 1. The summed E-state index contributed by atoms with van der Waals surface area (Å²) in [5.74, 6) is 0.117. The first-order chi connectivity index (χ1) is 15.1. The molecule has 2 heterocycles. The van der Waals surface area contributed by atoms with Crippen LogP contribution in [0.3, 0.4) is 0 Å². The summed E-state index contributed by atoms with van der Waals surface area (Å²) in [6.07, 6.45) is 4.17. The maximum atomic E-state index is 13.1. The fourth-order valence-corrected chi connectivity index (χ4v) is 4.43. The van der Waals surface area contributed by atoms with Crippen LogP contribution in [0.25, 0.3) is 16.3 Å². The van der Waals surface area contributed by atoms with Crippen molar-refractivity contribution in [2.45, 2.75) is 38.8 Å². The molecule has 1 N–H and O–H groups in total. The number of thiazole rings is 1. The van der Waals surface area contributed by atoms with Gasteiger partial charge in [0.15, 0.2) is 6.10 Å². The van der Waals surface area contributed by atoms with Crippen LogP contribution in [0.15, 0.2) is 54.6 Å². The lowest BCUT2D eigenvalue weighted by Gasteiger charge is -2.34. The van der Waals surface area contributed by atoms with Crippen molar-refractivity contribution in [3.63, 3.8) is 0 Å². The van der Waals surface area contributed by atoms with Gasteiger partial charge in [-0.3, -0.25) is 9.59 Å². The second kappa shape index (κ2) is 9.31. The summed E-state index contributed by atoms with van der Waals surface area (Å²) in [5.41, 5.74) is 1.57. The molecule has 0 spiro atoms. The molecular formula is C24H25N3O3S. The average Bonchev–Trinajstić information content (AvgIpc) is 3.23. The Balaban J connectivity index is 1.55. The Morgan fingerprint density at radius 2 is 1.94 bits per heavy atom. The standard InChI is InChI=1S/C24H25N3O3S/c1-3-16(4-2)25-24(29)20-15-27(18-10-6-7-11-19(18)30-20)23(28)14-13-22-26-17-9-5-8-12-21(17)31-22/h5-14,16,20H,3-4,15H2,1-2H3,(H,25,29)/b14-13+. The van der Waals surface area contributed by atoms with Crippen LogP contribution in [0.1, 0.15) is 31.7 Å². The van der Waals surface area contributed by atoms with Gasteiger partial charge >= 0.3 is 0 Å². The Kier molecular flexibility index (Phi) is 6.32. The maximum absolute atomic E-state index is 13.1. The first-order valence-corrected chi connectivity index (χ1v) is 11.3. The van der Waals surface area contributed by atoms with Crippen molar-refractivity contribution in [3.8, 4) is 5.75 Å². The monoisotopic (exact) mass is 435 g/mol. The molecule has 160 valence electrons. The van der Waals surface area contributed by atoms with Gasteiger partial charge in [-0.25, -0.2) is 4.98 Å². The molecular weight excluding hydrogens is 410 g/mol. The number of ether oxygens (including phenoxy) is 1. The van der Waals surface area contributed by atoms with Crippen LogP contribution in [-0.2, 0) is 9.59 Å². The van der Waals surface area contributed by atoms with Gasteiger partial charge in [0, 0.05) is 12.1 Å². The van der Waals surface area contributed by atoms with Gasteiger partial charge in [0.25, 0.3) is 11.8 Å². The van der Waals surface area contributed by atoms with E-state index in [0.717, 1.165) is 28.1 Å². The number of aromatic nitrogens is 1. The Hall–Kier alpha value is -3.19. The normalized spacial score (nSPS) is 15.8. The number of carbonyl (C=O) groups excluding carboxylic acids is 2. The lowest BCUT2D eigenvalue weighted by molar-refractivity contribution is -0.129. The Morgan fingerprint density at radius 1 is 1.19 bits per heavy atom. The minimum atomic E-state index is -0.754. The summed E-state index contributed by atoms with van der Waals surface area (Å²) in [6, 6.07) is 15.3. The lowest BCUT2D eigenvalue weighted by atomic mass is 10.1. The number of amides is 2. The number of nitrogens with zero attached hydrogens (tertiary/aromatic N) is 2. The molecule has 1 unspecified atom stereocenters. The lowest BCUT2D eigenvalue weighted by Crippen LogP contribution is -2.52. The van der Waals surface area contributed by atoms with Crippen LogP contribution < -0.4 is 15.0 Å². The summed E-state index contributed by atoms with van der Waals surface area (Å²) in [5, 5.41) is 3.78. The largest absolute Gasteiger partial charge is 0.477 e. The van der Waals surface area contributed by atoms with E-state index >= 15 is 0 Å². The van der Waals surface area contributed by atoms with E-state index in [2.05, 4.69) is 10.3 Å². The molecule has 0 radical (unpaired) electrons. The number of carbonyl (C=O) groups is 2. The van der Waals surface area contributed by atoms with Crippen LogP contribution in [0.5, 0.6) is 5.75 Å². The third-order valence-electron chi connectivity index (χ3n) is 5.34. The quantitative estimate of drug-likeness (QED) is 0.582. The molecule has 0 aliphatic carbocycles. The Labute approximate surface area is 185 Å². The predicted octanol–water partition coefficient (Wildman–Crippen LogP) is 4.41. The highest BCUT2D eigenvalue weighted by atomic mass is 32.1. The van der Waals surface area contributed by atoms with Gasteiger partial charge in [-0.1, -0.05) is 38.1 Å². The van der Waals surface area contributed by atoms with E-state index < -0.39 is 6.10 Å². The highest BCUT2D eigenvalue weighted by Crippen LogP contribution is 2.33. The molecule has 1 aromatic heterocycles. The first-order valence-electron chi connectivity index (χ1n) is 10.5. The molecule has 0 saturated heterocycles. The van der Waals surface area contributed by atoms with E-state index in [-0.39, 0.29) is 24.4 Å². The third-order valence-corrected chi connectivity index (χ3v) is 6.34. The summed E-state index contributed by atoms with van der Waals surface area (Å²) in [7, 11) is 0. The van der Waals surface area contributed by atoms with E-state index in [9.17, 15) is 9.59 Å². The number of fused-ring (bicyclic) bond motifs is 2. The highest BCUT2D eigenvalue weighted by molar-refractivity contribution is 7.19. The highest BCUT2D eigenvalue weighted by Gasteiger charge is 2.33. The topological polar surface area (TPSA) is 71.5 Å². The number of nitrogens with one attached hydrogen (secondary N) is 1. The van der Waals surface area contributed by atoms with Gasteiger partial charge in [0.2, 0.25) is 0 Å². The average molecular weight is 436 g/mol. The molecule has 2 aromatic carbocycles. The van der Waals surface area contributed by atoms with Crippen molar-refractivity contribution in [2.24, 2.45) is 0 Å². The second-order valence-electron chi connectivity index (χ2n) is 7.40. The minimum absolute atomic E-state index is 0.0938. The zero-order chi connectivity index (χ0) is 21.8. The maximum Gasteiger partial charge on any atom is 0.263 e. The van der Waals surface area contributed by atoms with Crippen molar-refractivity contribution in [2.75, 3.05) is 11.4 Å². The van der Waals surface area contributed by atoms with Crippen LogP contribution in [0.4, 0.5) is 5.69 Å². The van der Waals surface area contributed by atoms with E-state index in [1.165, 1.54) is 17.4 Å². The molecule has 1 aliphatic rings. The van der Waals surface area contributed by atoms with E-state index in [1.807, 2.05) is 56.3 Å². The summed E-state index contributed by atoms with van der Waals surface area (Å²) in [6.45, 7) is 4.23. The van der Waals surface area contributed by atoms with E-state index in [1.54, 1.807) is 17.0 Å². The predicted molar refractivity (Wildman–Crippen MR) is 124 cm³/mol. The van der Waals surface area contributed by atoms with Crippen LogP contribution in [0.2, 0.25) is 0 Å². The molecule has 4 rings (SSSR count). The van der Waals surface area contributed by atoms with Crippen LogP contribution >= 0.6 is 11.3 Å². The summed E-state index contributed by atoms with van der Waals surface area (Å²) in [4.78, 5) is 32.0. The van der Waals surface area contributed by atoms with Gasteiger partial charge < -0.3 is 15.0 Å². The van der Waals surface area contributed by atoms with E-state index in [4.69, 9.17) is 4.74 Å². The number of rotatable bonds is 6. The number of anilines is 1. The molecule has 0 fully saturated rings. The molecule has 0 bridgehead atoms. The Bertz CT molecular complexity index is 1090.